The highest BCUT2D eigenvalue weighted by Crippen LogP contribution is 2.35. The summed E-state index contributed by atoms with van der Waals surface area (Å²) in [5.74, 6) is 0.785. The molecule has 5 rings (SSSR count). The maximum Gasteiger partial charge on any atom is 0.256 e. The van der Waals surface area contributed by atoms with E-state index in [1.807, 2.05) is 29.0 Å². The quantitative estimate of drug-likeness (QED) is 0.289. The molecular formula is C26H21ClN4O3. The first-order chi connectivity index (χ1) is 16.6. The fourth-order valence-corrected chi connectivity index (χ4v) is 4.00. The predicted octanol–water partition coefficient (Wildman–Crippen LogP) is 5.11. The molecule has 170 valence electrons. The minimum atomic E-state index is -0.207. The lowest BCUT2D eigenvalue weighted by Gasteiger charge is -2.07. The third kappa shape index (κ3) is 4.65. The number of carbonyl (C=O) groups is 2. The standard InChI is InChI=1S/C26H21ClN4O3/c27-19-5-7-23-21(14-19)22(26(33)30-23)15-20-6-8-24(34-20)17-3-1-4-18(13-17)25(32)29-9-2-11-31-12-10-28-16-31/h1,3-8,10,12-16H,2,9,11H2,(H,29,32)(H,30,33)/b22-15+. The molecule has 4 aromatic rings. The number of nitrogens with zero attached hydrogens (tertiary/aromatic N) is 2. The van der Waals surface area contributed by atoms with Crippen molar-refractivity contribution in [1.82, 2.24) is 14.9 Å². The van der Waals surface area contributed by atoms with Crippen LogP contribution >= 0.6 is 11.6 Å². The van der Waals surface area contributed by atoms with Crippen molar-refractivity contribution in [2.24, 2.45) is 0 Å². The number of furan rings is 1. The third-order valence-corrected chi connectivity index (χ3v) is 5.76. The maximum atomic E-state index is 12.6. The average Bonchev–Trinajstić information content (AvgIpc) is 3.59. The number of carbonyl (C=O) groups excluding carboxylic acids is 2. The molecule has 0 saturated heterocycles. The van der Waals surface area contributed by atoms with Gasteiger partial charge in [-0.2, -0.15) is 0 Å². The maximum absolute atomic E-state index is 12.6. The minimum absolute atomic E-state index is 0.141. The van der Waals surface area contributed by atoms with Crippen molar-refractivity contribution in [2.45, 2.75) is 13.0 Å². The topological polar surface area (TPSA) is 89.2 Å². The van der Waals surface area contributed by atoms with Crippen LogP contribution in [0.5, 0.6) is 0 Å². The van der Waals surface area contributed by atoms with Crippen molar-refractivity contribution >= 4 is 40.8 Å². The summed E-state index contributed by atoms with van der Waals surface area (Å²) < 4.78 is 7.94. The lowest BCUT2D eigenvalue weighted by molar-refractivity contribution is -0.110. The van der Waals surface area contributed by atoms with Crippen LogP contribution in [0.4, 0.5) is 5.69 Å². The number of nitrogens with one attached hydrogen (secondary N) is 2. The number of aryl methyl sites for hydroxylation is 1. The first-order valence-corrected chi connectivity index (χ1v) is 11.2. The molecule has 0 unspecified atom stereocenters. The van der Waals surface area contributed by atoms with E-state index >= 15 is 0 Å². The highest BCUT2D eigenvalue weighted by molar-refractivity contribution is 6.36. The van der Waals surface area contributed by atoms with E-state index in [2.05, 4.69) is 15.6 Å². The monoisotopic (exact) mass is 472 g/mol. The van der Waals surface area contributed by atoms with E-state index in [1.54, 1.807) is 55.0 Å². The van der Waals surface area contributed by atoms with Crippen molar-refractivity contribution in [3.05, 3.63) is 95.2 Å². The molecule has 0 atom stereocenters. The van der Waals surface area contributed by atoms with Crippen LogP contribution in [0.3, 0.4) is 0 Å². The van der Waals surface area contributed by atoms with E-state index in [9.17, 15) is 9.59 Å². The van der Waals surface area contributed by atoms with Crippen LogP contribution in [0.1, 0.15) is 28.1 Å². The van der Waals surface area contributed by atoms with Crippen LogP contribution in [-0.2, 0) is 11.3 Å². The smallest absolute Gasteiger partial charge is 0.256 e. The van der Waals surface area contributed by atoms with E-state index in [-0.39, 0.29) is 11.8 Å². The van der Waals surface area contributed by atoms with Gasteiger partial charge in [0.1, 0.15) is 11.5 Å². The molecule has 2 amide bonds. The summed E-state index contributed by atoms with van der Waals surface area (Å²) in [6, 6.07) is 16.1. The molecule has 7 nitrogen and oxygen atoms in total. The average molecular weight is 473 g/mol. The van der Waals surface area contributed by atoms with Crippen molar-refractivity contribution in [3.8, 4) is 11.3 Å². The molecule has 8 heteroatoms. The van der Waals surface area contributed by atoms with Gasteiger partial charge in [0.15, 0.2) is 0 Å². The van der Waals surface area contributed by atoms with E-state index in [1.165, 1.54) is 0 Å². The third-order valence-electron chi connectivity index (χ3n) is 5.53. The zero-order valence-electron chi connectivity index (χ0n) is 18.1. The number of imidazole rings is 1. The molecule has 34 heavy (non-hydrogen) atoms. The second kappa shape index (κ2) is 9.41. The van der Waals surface area contributed by atoms with Gasteiger partial charge in [-0.05, 0) is 55.0 Å². The molecule has 0 fully saturated rings. The van der Waals surface area contributed by atoms with Gasteiger partial charge in [-0.15, -0.1) is 0 Å². The number of hydrogen-bond acceptors (Lipinski definition) is 4. The summed E-state index contributed by atoms with van der Waals surface area (Å²) >= 11 is 6.10. The van der Waals surface area contributed by atoms with Gasteiger partial charge in [-0.1, -0.05) is 23.7 Å². The normalized spacial score (nSPS) is 13.7. The van der Waals surface area contributed by atoms with Gasteiger partial charge in [0.05, 0.1) is 11.9 Å². The summed E-state index contributed by atoms with van der Waals surface area (Å²) in [4.78, 5) is 29.0. The number of rotatable bonds is 7. The second-order valence-corrected chi connectivity index (χ2v) is 8.33. The largest absolute Gasteiger partial charge is 0.457 e. The van der Waals surface area contributed by atoms with E-state index in [4.69, 9.17) is 16.0 Å². The summed E-state index contributed by atoms with van der Waals surface area (Å²) in [7, 11) is 0. The molecular weight excluding hydrogens is 452 g/mol. The Balaban J connectivity index is 1.28. The molecule has 1 aliphatic rings. The number of aromatic nitrogens is 2. The van der Waals surface area contributed by atoms with Crippen molar-refractivity contribution in [1.29, 1.82) is 0 Å². The molecule has 2 aromatic heterocycles. The zero-order valence-corrected chi connectivity index (χ0v) is 18.9. The Hall–Kier alpha value is -4.10. The summed E-state index contributed by atoms with van der Waals surface area (Å²) in [5.41, 5.74) is 3.27. The van der Waals surface area contributed by atoms with E-state index < -0.39 is 0 Å². The molecule has 2 aromatic carbocycles. The zero-order chi connectivity index (χ0) is 23.5. The van der Waals surface area contributed by atoms with Crippen molar-refractivity contribution in [2.75, 3.05) is 11.9 Å². The number of amides is 2. The first-order valence-electron chi connectivity index (χ1n) is 10.8. The predicted molar refractivity (Wildman–Crippen MR) is 131 cm³/mol. The number of benzene rings is 2. The van der Waals surface area contributed by atoms with Crippen LogP contribution in [0.2, 0.25) is 5.02 Å². The van der Waals surface area contributed by atoms with Crippen molar-refractivity contribution < 1.29 is 14.0 Å². The molecule has 0 aliphatic carbocycles. The lowest BCUT2D eigenvalue weighted by Crippen LogP contribution is -2.25. The SMILES string of the molecule is O=C1Nc2ccc(Cl)cc2/C1=C\c1ccc(-c2cccc(C(=O)NCCCn3ccnc3)c2)o1. The Morgan fingerprint density at radius 2 is 2.09 bits per heavy atom. The van der Waals surface area contributed by atoms with Crippen LogP contribution in [0.25, 0.3) is 23.0 Å². The highest BCUT2D eigenvalue weighted by atomic mass is 35.5. The van der Waals surface area contributed by atoms with Crippen LogP contribution in [0.15, 0.2) is 77.7 Å². The van der Waals surface area contributed by atoms with Gasteiger partial charge < -0.3 is 19.6 Å². The number of halogens is 1. The van der Waals surface area contributed by atoms with E-state index in [0.29, 0.717) is 34.2 Å². The molecule has 1 aliphatic heterocycles. The van der Waals surface area contributed by atoms with Crippen LogP contribution < -0.4 is 10.6 Å². The molecule has 2 N–H and O–H groups in total. The van der Waals surface area contributed by atoms with Crippen LogP contribution in [0, 0.1) is 0 Å². The van der Waals surface area contributed by atoms with E-state index in [0.717, 1.165) is 29.8 Å². The fraction of sp³-hybridized carbons (Fsp3) is 0.115. The number of hydrogen-bond donors (Lipinski definition) is 2. The summed E-state index contributed by atoms with van der Waals surface area (Å²) in [5, 5.41) is 6.32. The molecule has 0 spiro atoms. The van der Waals surface area contributed by atoms with Crippen molar-refractivity contribution in [3.63, 3.8) is 0 Å². The van der Waals surface area contributed by atoms with Gasteiger partial charge in [0.2, 0.25) is 0 Å². The molecule has 0 bridgehead atoms. The lowest BCUT2D eigenvalue weighted by atomic mass is 10.1. The Kier molecular flexibility index (Phi) is 6.01. The summed E-state index contributed by atoms with van der Waals surface area (Å²) in [6.07, 6.45) is 7.88. The Labute approximate surface area is 201 Å². The van der Waals surface area contributed by atoms with Crippen LogP contribution in [-0.4, -0.2) is 27.9 Å². The van der Waals surface area contributed by atoms with Gasteiger partial charge in [-0.3, -0.25) is 9.59 Å². The first kappa shape index (κ1) is 21.7. The van der Waals surface area contributed by atoms with Gasteiger partial charge in [0.25, 0.3) is 11.8 Å². The van der Waals surface area contributed by atoms with Gasteiger partial charge in [0, 0.05) is 52.9 Å². The Morgan fingerprint density at radius 3 is 2.94 bits per heavy atom. The number of fused-ring (bicyclic) bond motifs is 1. The van der Waals surface area contributed by atoms with Gasteiger partial charge >= 0.3 is 0 Å². The minimum Gasteiger partial charge on any atom is -0.457 e. The Morgan fingerprint density at radius 1 is 1.18 bits per heavy atom. The molecule has 0 radical (unpaired) electrons. The number of anilines is 1. The fourth-order valence-electron chi connectivity index (χ4n) is 3.83. The highest BCUT2D eigenvalue weighted by Gasteiger charge is 2.24. The Bertz CT molecular complexity index is 1390. The van der Waals surface area contributed by atoms with Gasteiger partial charge in [-0.25, -0.2) is 4.98 Å². The second-order valence-electron chi connectivity index (χ2n) is 7.89. The molecule has 0 saturated carbocycles. The summed E-state index contributed by atoms with van der Waals surface area (Å²) in [6.45, 7) is 1.35. The molecule has 3 heterocycles.